The third-order valence-electron chi connectivity index (χ3n) is 2.37. The Labute approximate surface area is 93.0 Å². The number of aromatic nitrogens is 1. The molecule has 16 heavy (non-hydrogen) atoms. The second-order valence-corrected chi connectivity index (χ2v) is 3.20. The summed E-state index contributed by atoms with van der Waals surface area (Å²) in [5.74, 6) is 1.20. The maximum atomic E-state index is 8.96. The van der Waals surface area contributed by atoms with Crippen LogP contribution in [0, 0.1) is 11.3 Å². The SMILES string of the molecule is COc1ccc2c(C#N)cnc(OC)c2c1. The lowest BCUT2D eigenvalue weighted by molar-refractivity contribution is 0.401. The van der Waals surface area contributed by atoms with Crippen molar-refractivity contribution in [3.8, 4) is 17.7 Å². The van der Waals surface area contributed by atoms with E-state index in [9.17, 15) is 0 Å². The van der Waals surface area contributed by atoms with Crippen LogP contribution in [0.1, 0.15) is 5.56 Å². The van der Waals surface area contributed by atoms with Gasteiger partial charge in [-0.25, -0.2) is 4.98 Å². The Hall–Kier alpha value is -2.28. The predicted octanol–water partition coefficient (Wildman–Crippen LogP) is 2.12. The highest BCUT2D eigenvalue weighted by molar-refractivity contribution is 5.92. The van der Waals surface area contributed by atoms with E-state index in [1.54, 1.807) is 14.2 Å². The molecule has 4 heteroatoms. The Kier molecular flexibility index (Phi) is 2.61. The third kappa shape index (κ3) is 1.52. The number of pyridine rings is 1. The van der Waals surface area contributed by atoms with Crippen LogP contribution in [0.5, 0.6) is 11.6 Å². The molecule has 2 rings (SSSR count). The van der Waals surface area contributed by atoms with Gasteiger partial charge in [-0.2, -0.15) is 5.26 Å². The van der Waals surface area contributed by atoms with Crippen molar-refractivity contribution >= 4 is 10.8 Å². The summed E-state index contributed by atoms with van der Waals surface area (Å²) < 4.78 is 10.3. The molecular weight excluding hydrogens is 204 g/mol. The van der Waals surface area contributed by atoms with Gasteiger partial charge in [-0.05, 0) is 18.2 Å². The van der Waals surface area contributed by atoms with E-state index in [0.29, 0.717) is 17.2 Å². The first kappa shape index (κ1) is 10.2. The first-order chi connectivity index (χ1) is 7.80. The smallest absolute Gasteiger partial charge is 0.221 e. The molecule has 0 bridgehead atoms. The largest absolute Gasteiger partial charge is 0.497 e. The molecule has 0 atom stereocenters. The minimum Gasteiger partial charge on any atom is -0.497 e. The lowest BCUT2D eigenvalue weighted by atomic mass is 10.1. The molecule has 1 aromatic heterocycles. The highest BCUT2D eigenvalue weighted by Gasteiger charge is 2.08. The van der Waals surface area contributed by atoms with Crippen LogP contribution < -0.4 is 9.47 Å². The fraction of sp³-hybridized carbons (Fsp3) is 0.167. The van der Waals surface area contributed by atoms with Gasteiger partial charge in [-0.3, -0.25) is 0 Å². The summed E-state index contributed by atoms with van der Waals surface area (Å²) in [6.07, 6.45) is 1.51. The van der Waals surface area contributed by atoms with Gasteiger partial charge in [-0.15, -0.1) is 0 Å². The second kappa shape index (κ2) is 4.07. The molecule has 0 N–H and O–H groups in total. The number of nitriles is 1. The highest BCUT2D eigenvalue weighted by Crippen LogP contribution is 2.29. The van der Waals surface area contributed by atoms with Gasteiger partial charge in [-0.1, -0.05) is 0 Å². The van der Waals surface area contributed by atoms with Crippen molar-refractivity contribution in [3.05, 3.63) is 30.0 Å². The molecular formula is C12H10N2O2. The monoisotopic (exact) mass is 214 g/mol. The van der Waals surface area contributed by atoms with Crippen LogP contribution in [-0.4, -0.2) is 19.2 Å². The van der Waals surface area contributed by atoms with Gasteiger partial charge in [0.05, 0.1) is 19.8 Å². The van der Waals surface area contributed by atoms with Crippen LogP contribution in [0.15, 0.2) is 24.4 Å². The zero-order valence-corrected chi connectivity index (χ0v) is 9.02. The van der Waals surface area contributed by atoms with Gasteiger partial charge in [0.15, 0.2) is 0 Å². The first-order valence-electron chi connectivity index (χ1n) is 4.71. The van der Waals surface area contributed by atoms with Crippen molar-refractivity contribution in [2.45, 2.75) is 0 Å². The van der Waals surface area contributed by atoms with Crippen molar-refractivity contribution in [1.29, 1.82) is 5.26 Å². The number of rotatable bonds is 2. The number of hydrogen-bond acceptors (Lipinski definition) is 4. The Bertz CT molecular complexity index is 573. The number of ether oxygens (including phenoxy) is 2. The normalized spacial score (nSPS) is 9.81. The van der Waals surface area contributed by atoms with Gasteiger partial charge >= 0.3 is 0 Å². The molecule has 0 aliphatic rings. The van der Waals surface area contributed by atoms with E-state index in [1.165, 1.54) is 6.20 Å². The molecule has 0 spiro atoms. The molecule has 0 amide bonds. The average molecular weight is 214 g/mol. The summed E-state index contributed by atoms with van der Waals surface area (Å²) in [5, 5.41) is 10.6. The summed E-state index contributed by atoms with van der Waals surface area (Å²) in [4.78, 5) is 4.07. The van der Waals surface area contributed by atoms with E-state index in [4.69, 9.17) is 14.7 Å². The lowest BCUT2D eigenvalue weighted by Crippen LogP contribution is -1.92. The average Bonchev–Trinajstić information content (AvgIpc) is 2.36. The number of hydrogen-bond donors (Lipinski definition) is 0. The maximum Gasteiger partial charge on any atom is 0.221 e. The highest BCUT2D eigenvalue weighted by atomic mass is 16.5. The standard InChI is InChI=1S/C12H10N2O2/c1-15-9-3-4-10-8(6-13)7-14-12(16-2)11(10)5-9/h3-5,7H,1-2H3. The van der Waals surface area contributed by atoms with Crippen LogP contribution in [0.25, 0.3) is 10.8 Å². The van der Waals surface area contributed by atoms with Gasteiger partial charge in [0.2, 0.25) is 5.88 Å². The second-order valence-electron chi connectivity index (χ2n) is 3.20. The van der Waals surface area contributed by atoms with Crippen LogP contribution in [0.2, 0.25) is 0 Å². The Morgan fingerprint density at radius 2 is 2.00 bits per heavy atom. The van der Waals surface area contributed by atoms with E-state index >= 15 is 0 Å². The van der Waals surface area contributed by atoms with Crippen molar-refractivity contribution in [3.63, 3.8) is 0 Å². The van der Waals surface area contributed by atoms with Crippen LogP contribution in [0.4, 0.5) is 0 Å². The summed E-state index contributed by atoms with van der Waals surface area (Å²) in [6, 6.07) is 7.55. The summed E-state index contributed by atoms with van der Waals surface area (Å²) in [6.45, 7) is 0. The summed E-state index contributed by atoms with van der Waals surface area (Å²) >= 11 is 0. The van der Waals surface area contributed by atoms with Gasteiger partial charge in [0, 0.05) is 17.0 Å². The molecule has 1 heterocycles. The van der Waals surface area contributed by atoms with Gasteiger partial charge in [0.1, 0.15) is 11.8 Å². The number of fused-ring (bicyclic) bond motifs is 1. The van der Waals surface area contributed by atoms with Crippen LogP contribution in [0.3, 0.4) is 0 Å². The van der Waals surface area contributed by atoms with Crippen LogP contribution in [-0.2, 0) is 0 Å². The third-order valence-corrected chi connectivity index (χ3v) is 2.37. The van der Waals surface area contributed by atoms with E-state index in [0.717, 1.165) is 10.8 Å². The van der Waals surface area contributed by atoms with Crippen molar-refractivity contribution in [2.24, 2.45) is 0 Å². The fourth-order valence-electron chi connectivity index (χ4n) is 1.58. The van der Waals surface area contributed by atoms with Crippen molar-refractivity contribution in [1.82, 2.24) is 4.98 Å². The molecule has 0 fully saturated rings. The van der Waals surface area contributed by atoms with E-state index in [2.05, 4.69) is 11.1 Å². The molecule has 0 saturated carbocycles. The minimum atomic E-state index is 0.493. The maximum absolute atomic E-state index is 8.96. The quantitative estimate of drug-likeness (QED) is 0.768. The van der Waals surface area contributed by atoms with E-state index < -0.39 is 0 Å². The zero-order chi connectivity index (χ0) is 11.5. The Balaban J connectivity index is 2.81. The Morgan fingerprint density at radius 3 is 2.62 bits per heavy atom. The van der Waals surface area contributed by atoms with Crippen molar-refractivity contribution in [2.75, 3.05) is 14.2 Å². The predicted molar refractivity (Wildman–Crippen MR) is 59.6 cm³/mol. The molecule has 0 aliphatic carbocycles. The van der Waals surface area contributed by atoms with E-state index in [1.807, 2.05) is 18.2 Å². The number of methoxy groups -OCH3 is 2. The van der Waals surface area contributed by atoms with Gasteiger partial charge < -0.3 is 9.47 Å². The first-order valence-corrected chi connectivity index (χ1v) is 4.71. The number of benzene rings is 1. The lowest BCUT2D eigenvalue weighted by Gasteiger charge is -2.07. The molecule has 0 aliphatic heterocycles. The Morgan fingerprint density at radius 1 is 1.19 bits per heavy atom. The molecule has 0 saturated heterocycles. The topological polar surface area (TPSA) is 55.1 Å². The van der Waals surface area contributed by atoms with Crippen LogP contribution >= 0.6 is 0 Å². The fourth-order valence-corrected chi connectivity index (χ4v) is 1.58. The minimum absolute atomic E-state index is 0.493. The number of nitrogens with zero attached hydrogens (tertiary/aromatic N) is 2. The summed E-state index contributed by atoms with van der Waals surface area (Å²) in [7, 11) is 3.14. The molecule has 0 unspecified atom stereocenters. The zero-order valence-electron chi connectivity index (χ0n) is 9.02. The molecule has 1 aromatic carbocycles. The molecule has 0 radical (unpaired) electrons. The van der Waals surface area contributed by atoms with E-state index in [-0.39, 0.29) is 0 Å². The molecule has 2 aromatic rings. The molecule has 4 nitrogen and oxygen atoms in total. The molecule has 80 valence electrons. The van der Waals surface area contributed by atoms with Crippen molar-refractivity contribution < 1.29 is 9.47 Å². The van der Waals surface area contributed by atoms with Gasteiger partial charge in [0.25, 0.3) is 0 Å². The summed E-state index contributed by atoms with van der Waals surface area (Å²) in [5.41, 5.74) is 0.526.